The summed E-state index contributed by atoms with van der Waals surface area (Å²) in [5, 5.41) is 2.20. The van der Waals surface area contributed by atoms with Gasteiger partial charge in [0, 0.05) is 29.9 Å². The topological polar surface area (TPSA) is 48.1 Å². The highest BCUT2D eigenvalue weighted by Crippen LogP contribution is 2.26. The molecule has 0 bridgehead atoms. The van der Waals surface area contributed by atoms with Crippen molar-refractivity contribution in [2.75, 3.05) is 7.11 Å². The van der Waals surface area contributed by atoms with Crippen LogP contribution >= 0.6 is 0 Å². The summed E-state index contributed by atoms with van der Waals surface area (Å²) in [6.07, 6.45) is 3.59. The van der Waals surface area contributed by atoms with E-state index >= 15 is 0 Å². The molecule has 0 aliphatic carbocycles. The third kappa shape index (κ3) is 1.32. The predicted molar refractivity (Wildman–Crippen MR) is 56.2 cm³/mol. The van der Waals surface area contributed by atoms with E-state index in [-0.39, 0.29) is 0 Å². The molecule has 0 aliphatic rings. The van der Waals surface area contributed by atoms with E-state index in [9.17, 15) is 0 Å². The van der Waals surface area contributed by atoms with E-state index in [0.29, 0.717) is 6.54 Å². The highest BCUT2D eigenvalue weighted by atomic mass is 16.5. The second kappa shape index (κ2) is 3.64. The lowest BCUT2D eigenvalue weighted by Crippen LogP contribution is -2.00. The third-order valence-corrected chi connectivity index (χ3v) is 2.31. The Kier molecular flexibility index (Phi) is 2.33. The van der Waals surface area contributed by atoms with Gasteiger partial charge in [-0.05, 0) is 23.6 Å². The molecule has 0 saturated heterocycles. The molecule has 0 fully saturated rings. The number of pyridine rings is 1. The number of benzene rings is 1. The van der Waals surface area contributed by atoms with Crippen LogP contribution in [0.5, 0.6) is 5.75 Å². The lowest BCUT2D eigenvalue weighted by Gasteiger charge is -2.09. The van der Waals surface area contributed by atoms with Gasteiger partial charge in [-0.3, -0.25) is 4.98 Å². The zero-order valence-corrected chi connectivity index (χ0v) is 8.03. The second-order valence-corrected chi connectivity index (χ2v) is 3.05. The zero-order valence-electron chi connectivity index (χ0n) is 8.03. The summed E-state index contributed by atoms with van der Waals surface area (Å²) in [5.41, 5.74) is 6.73. The molecule has 0 radical (unpaired) electrons. The number of nitrogens with zero attached hydrogens (tertiary/aromatic N) is 1. The summed E-state index contributed by atoms with van der Waals surface area (Å²) >= 11 is 0. The first-order valence-corrected chi connectivity index (χ1v) is 4.46. The number of rotatable bonds is 2. The van der Waals surface area contributed by atoms with Gasteiger partial charge in [-0.2, -0.15) is 0 Å². The molecule has 2 rings (SSSR count). The summed E-state index contributed by atoms with van der Waals surface area (Å²) in [6.45, 7) is 0.477. The summed E-state index contributed by atoms with van der Waals surface area (Å²) in [7, 11) is 1.65. The van der Waals surface area contributed by atoms with Crippen LogP contribution in [0.15, 0.2) is 30.6 Å². The third-order valence-electron chi connectivity index (χ3n) is 2.31. The van der Waals surface area contributed by atoms with Crippen molar-refractivity contribution in [2.45, 2.75) is 6.54 Å². The molecule has 0 aliphatic heterocycles. The number of hydrogen-bond donors (Lipinski definition) is 1. The minimum Gasteiger partial charge on any atom is -0.496 e. The van der Waals surface area contributed by atoms with Crippen LogP contribution in [0.3, 0.4) is 0 Å². The van der Waals surface area contributed by atoms with Crippen molar-refractivity contribution in [1.29, 1.82) is 0 Å². The Hall–Kier alpha value is -1.61. The fraction of sp³-hybridized carbons (Fsp3) is 0.182. The maximum Gasteiger partial charge on any atom is 0.123 e. The zero-order chi connectivity index (χ0) is 9.97. The van der Waals surface area contributed by atoms with E-state index in [2.05, 4.69) is 4.98 Å². The SMILES string of the molecule is COc1ccc2cnccc2c1CN. The molecule has 2 aromatic rings. The van der Waals surface area contributed by atoms with Crippen LogP contribution in [0.2, 0.25) is 0 Å². The van der Waals surface area contributed by atoms with Gasteiger partial charge >= 0.3 is 0 Å². The summed E-state index contributed by atoms with van der Waals surface area (Å²) in [5.74, 6) is 0.839. The molecule has 2 N–H and O–H groups in total. The van der Waals surface area contributed by atoms with Crippen molar-refractivity contribution in [3.63, 3.8) is 0 Å². The fourth-order valence-corrected chi connectivity index (χ4v) is 1.61. The van der Waals surface area contributed by atoms with E-state index in [1.165, 1.54) is 0 Å². The Bertz CT molecular complexity index is 454. The molecule has 72 valence electrons. The van der Waals surface area contributed by atoms with Crippen LogP contribution < -0.4 is 10.5 Å². The Morgan fingerprint density at radius 3 is 2.93 bits per heavy atom. The van der Waals surface area contributed by atoms with Crippen molar-refractivity contribution in [2.24, 2.45) is 5.73 Å². The monoisotopic (exact) mass is 188 g/mol. The van der Waals surface area contributed by atoms with Gasteiger partial charge in [0.2, 0.25) is 0 Å². The summed E-state index contributed by atoms with van der Waals surface area (Å²) in [6, 6.07) is 5.87. The van der Waals surface area contributed by atoms with Gasteiger partial charge in [0.1, 0.15) is 5.75 Å². The van der Waals surface area contributed by atoms with Gasteiger partial charge in [-0.25, -0.2) is 0 Å². The van der Waals surface area contributed by atoms with Crippen LogP contribution in [0.4, 0.5) is 0 Å². The Balaban J connectivity index is 2.77. The lowest BCUT2D eigenvalue weighted by atomic mass is 10.1. The minimum absolute atomic E-state index is 0.477. The van der Waals surface area contributed by atoms with Crippen LogP contribution in [-0.2, 0) is 6.54 Å². The van der Waals surface area contributed by atoms with E-state index in [4.69, 9.17) is 10.5 Å². The van der Waals surface area contributed by atoms with Gasteiger partial charge in [0.15, 0.2) is 0 Å². The van der Waals surface area contributed by atoms with E-state index in [1.807, 2.05) is 24.4 Å². The average molecular weight is 188 g/mol. The molecule has 0 saturated carbocycles. The van der Waals surface area contributed by atoms with Crippen LogP contribution in [-0.4, -0.2) is 12.1 Å². The number of ether oxygens (including phenoxy) is 1. The molecule has 0 unspecified atom stereocenters. The van der Waals surface area contributed by atoms with E-state index < -0.39 is 0 Å². The van der Waals surface area contributed by atoms with Crippen molar-refractivity contribution in [3.8, 4) is 5.75 Å². The number of nitrogens with two attached hydrogens (primary N) is 1. The number of methoxy groups -OCH3 is 1. The maximum absolute atomic E-state index is 5.69. The summed E-state index contributed by atoms with van der Waals surface area (Å²) in [4.78, 5) is 4.06. The molecule has 14 heavy (non-hydrogen) atoms. The Morgan fingerprint density at radius 1 is 1.36 bits per heavy atom. The molecule has 1 aromatic carbocycles. The highest BCUT2D eigenvalue weighted by molar-refractivity contribution is 5.86. The van der Waals surface area contributed by atoms with Gasteiger partial charge in [0.05, 0.1) is 7.11 Å². The van der Waals surface area contributed by atoms with Crippen molar-refractivity contribution in [1.82, 2.24) is 4.98 Å². The lowest BCUT2D eigenvalue weighted by molar-refractivity contribution is 0.410. The predicted octanol–water partition coefficient (Wildman–Crippen LogP) is 1.70. The molecule has 0 atom stereocenters. The fourth-order valence-electron chi connectivity index (χ4n) is 1.61. The van der Waals surface area contributed by atoms with Crippen molar-refractivity contribution in [3.05, 3.63) is 36.2 Å². The Morgan fingerprint density at radius 2 is 2.21 bits per heavy atom. The van der Waals surface area contributed by atoms with Crippen molar-refractivity contribution >= 4 is 10.8 Å². The molecule has 1 aromatic heterocycles. The molecule has 3 nitrogen and oxygen atoms in total. The molecular weight excluding hydrogens is 176 g/mol. The van der Waals surface area contributed by atoms with Gasteiger partial charge < -0.3 is 10.5 Å². The quantitative estimate of drug-likeness (QED) is 0.780. The number of aromatic nitrogens is 1. The number of fused-ring (bicyclic) bond motifs is 1. The smallest absolute Gasteiger partial charge is 0.123 e. The molecular formula is C11H12N2O. The van der Waals surface area contributed by atoms with Gasteiger partial charge in [0.25, 0.3) is 0 Å². The van der Waals surface area contributed by atoms with Crippen LogP contribution in [0.25, 0.3) is 10.8 Å². The molecule has 0 spiro atoms. The molecule has 0 amide bonds. The minimum atomic E-state index is 0.477. The van der Waals surface area contributed by atoms with Gasteiger partial charge in [-0.1, -0.05) is 0 Å². The second-order valence-electron chi connectivity index (χ2n) is 3.05. The van der Waals surface area contributed by atoms with Gasteiger partial charge in [-0.15, -0.1) is 0 Å². The standard InChI is InChI=1S/C11H12N2O/c1-14-11-3-2-8-7-13-5-4-9(8)10(11)6-12/h2-5,7H,6,12H2,1H3. The van der Waals surface area contributed by atoms with E-state index in [0.717, 1.165) is 22.1 Å². The largest absolute Gasteiger partial charge is 0.496 e. The van der Waals surface area contributed by atoms with Crippen molar-refractivity contribution < 1.29 is 4.74 Å². The average Bonchev–Trinajstić information content (AvgIpc) is 2.27. The molecule has 1 heterocycles. The first kappa shape index (κ1) is 8.97. The normalized spacial score (nSPS) is 10.4. The van der Waals surface area contributed by atoms with E-state index in [1.54, 1.807) is 13.3 Å². The first-order chi connectivity index (χ1) is 6.86. The maximum atomic E-state index is 5.69. The summed E-state index contributed by atoms with van der Waals surface area (Å²) < 4.78 is 5.24. The molecule has 3 heteroatoms. The number of hydrogen-bond acceptors (Lipinski definition) is 3. The van der Waals surface area contributed by atoms with Crippen LogP contribution in [0.1, 0.15) is 5.56 Å². The Labute approximate surface area is 82.5 Å². The highest BCUT2D eigenvalue weighted by Gasteiger charge is 2.05. The first-order valence-electron chi connectivity index (χ1n) is 4.46. The van der Waals surface area contributed by atoms with Crippen LogP contribution in [0, 0.1) is 0 Å².